The summed E-state index contributed by atoms with van der Waals surface area (Å²) >= 11 is 0. The Balaban J connectivity index is 1.42. The largest absolute Gasteiger partial charge is 0.476 e. The van der Waals surface area contributed by atoms with Gasteiger partial charge < -0.3 is 19.1 Å². The average molecular weight is 412 g/mol. The smallest absolute Gasteiger partial charge is 0.217 e. The van der Waals surface area contributed by atoms with Gasteiger partial charge in [-0.1, -0.05) is 30.3 Å². The third kappa shape index (κ3) is 6.22. The number of azo groups is 1. The number of nitrogens with zero attached hydrogens (tertiary/aromatic N) is 5. The van der Waals surface area contributed by atoms with Gasteiger partial charge in [0.25, 0.3) is 0 Å². The van der Waals surface area contributed by atoms with E-state index in [1.54, 1.807) is 0 Å². The molecule has 0 unspecified atom stereocenters. The van der Waals surface area contributed by atoms with Crippen molar-refractivity contribution in [3.63, 3.8) is 0 Å². The predicted octanol–water partition coefficient (Wildman–Crippen LogP) is 2.91. The Morgan fingerprint density at radius 1 is 0.933 bits per heavy atom. The van der Waals surface area contributed by atoms with Gasteiger partial charge in [0.15, 0.2) is 5.82 Å². The average Bonchev–Trinajstić information content (AvgIpc) is 2.81. The van der Waals surface area contributed by atoms with Crippen molar-refractivity contribution in [2.24, 2.45) is 10.2 Å². The van der Waals surface area contributed by atoms with Crippen molar-refractivity contribution in [1.29, 1.82) is 0 Å². The molecule has 8 nitrogen and oxygen atoms in total. The number of hydrogen-bond acceptors (Lipinski definition) is 8. The Morgan fingerprint density at radius 3 is 2.43 bits per heavy atom. The summed E-state index contributed by atoms with van der Waals surface area (Å²) in [7, 11) is 0. The molecule has 0 N–H and O–H groups in total. The molecule has 1 aromatic heterocycles. The van der Waals surface area contributed by atoms with E-state index in [9.17, 15) is 0 Å². The van der Waals surface area contributed by atoms with Crippen LogP contribution >= 0.6 is 0 Å². The molecule has 0 aliphatic carbocycles. The van der Waals surface area contributed by atoms with Crippen LogP contribution in [0.4, 0.5) is 11.5 Å². The van der Waals surface area contributed by atoms with E-state index >= 15 is 0 Å². The Labute approximate surface area is 177 Å². The molecule has 3 heterocycles. The first-order valence-corrected chi connectivity index (χ1v) is 10.6. The van der Waals surface area contributed by atoms with Crippen LogP contribution in [-0.2, 0) is 16.0 Å². The number of aromatic nitrogens is 1. The summed E-state index contributed by atoms with van der Waals surface area (Å²) in [4.78, 5) is 9.18. The van der Waals surface area contributed by atoms with Crippen LogP contribution in [0.15, 0.2) is 52.7 Å². The number of morpholine rings is 2. The lowest BCUT2D eigenvalue weighted by Gasteiger charge is -2.29. The molecule has 1 aromatic carbocycles. The highest BCUT2D eigenvalue weighted by Crippen LogP contribution is 2.26. The van der Waals surface area contributed by atoms with Crippen LogP contribution in [0.2, 0.25) is 0 Å². The quantitative estimate of drug-likeness (QED) is 0.622. The van der Waals surface area contributed by atoms with Gasteiger partial charge in [0.05, 0.1) is 33.0 Å². The Bertz CT molecular complexity index is 806. The highest BCUT2D eigenvalue weighted by molar-refractivity contribution is 5.55. The Hall–Kier alpha value is -2.55. The third-order valence-corrected chi connectivity index (χ3v) is 5.18. The number of benzene rings is 1. The fourth-order valence-electron chi connectivity index (χ4n) is 3.48. The summed E-state index contributed by atoms with van der Waals surface area (Å²) in [5.41, 5.74) is 2.16. The number of hydrogen-bond donors (Lipinski definition) is 0. The van der Waals surface area contributed by atoms with E-state index in [2.05, 4.69) is 25.0 Å². The number of rotatable bonds is 8. The lowest BCUT2D eigenvalue weighted by Crippen LogP contribution is -2.38. The molecule has 160 valence electrons. The molecule has 2 aromatic rings. The first kappa shape index (κ1) is 20.7. The maximum atomic E-state index is 5.99. The first-order valence-electron chi connectivity index (χ1n) is 10.6. The van der Waals surface area contributed by atoms with Gasteiger partial charge in [0, 0.05) is 50.5 Å². The van der Waals surface area contributed by atoms with E-state index in [0.29, 0.717) is 24.8 Å². The van der Waals surface area contributed by atoms with Crippen molar-refractivity contribution in [3.05, 3.63) is 48.0 Å². The lowest BCUT2D eigenvalue weighted by molar-refractivity contribution is 0.0320. The zero-order chi connectivity index (χ0) is 20.4. The standard InChI is InChI=1S/C22H29N5O3/c1-2-4-19(5-3-1)18-23-25-21-16-20(27-9-13-29-14-10-27)17-22(24-21)30-15-8-26-6-11-28-12-7-26/h1-5,16-17H,6-15,18H2. The zero-order valence-corrected chi connectivity index (χ0v) is 17.3. The second-order valence-electron chi connectivity index (χ2n) is 7.31. The molecule has 2 aliphatic heterocycles. The molecule has 0 bridgehead atoms. The maximum absolute atomic E-state index is 5.99. The molecule has 4 rings (SSSR count). The number of ether oxygens (including phenoxy) is 3. The summed E-state index contributed by atoms with van der Waals surface area (Å²) in [5, 5.41) is 8.70. The highest BCUT2D eigenvalue weighted by Gasteiger charge is 2.15. The van der Waals surface area contributed by atoms with E-state index in [-0.39, 0.29) is 0 Å². The van der Waals surface area contributed by atoms with Gasteiger partial charge in [0.1, 0.15) is 6.61 Å². The van der Waals surface area contributed by atoms with Gasteiger partial charge in [-0.15, -0.1) is 5.11 Å². The van der Waals surface area contributed by atoms with Gasteiger partial charge in [-0.3, -0.25) is 4.90 Å². The molecule has 30 heavy (non-hydrogen) atoms. The fourth-order valence-corrected chi connectivity index (χ4v) is 3.48. The molecule has 0 radical (unpaired) electrons. The minimum atomic E-state index is 0.525. The summed E-state index contributed by atoms with van der Waals surface area (Å²) in [6.45, 7) is 8.58. The Morgan fingerprint density at radius 2 is 1.67 bits per heavy atom. The molecule has 0 atom stereocenters. The first-order chi connectivity index (χ1) is 14.9. The Kier molecular flexibility index (Phi) is 7.60. The monoisotopic (exact) mass is 411 g/mol. The van der Waals surface area contributed by atoms with E-state index in [4.69, 9.17) is 14.2 Å². The topological polar surface area (TPSA) is 71.8 Å². The van der Waals surface area contributed by atoms with Crippen molar-refractivity contribution in [1.82, 2.24) is 9.88 Å². The minimum Gasteiger partial charge on any atom is -0.476 e. The lowest BCUT2D eigenvalue weighted by atomic mass is 10.2. The summed E-state index contributed by atoms with van der Waals surface area (Å²) < 4.78 is 16.9. The van der Waals surface area contributed by atoms with Gasteiger partial charge in [-0.25, -0.2) is 0 Å². The van der Waals surface area contributed by atoms with Crippen LogP contribution < -0.4 is 9.64 Å². The van der Waals surface area contributed by atoms with Gasteiger partial charge >= 0.3 is 0 Å². The van der Waals surface area contributed by atoms with Gasteiger partial charge in [0.2, 0.25) is 5.88 Å². The van der Waals surface area contributed by atoms with Crippen LogP contribution in [-0.4, -0.2) is 75.6 Å². The molecule has 8 heteroatoms. The highest BCUT2D eigenvalue weighted by atomic mass is 16.5. The molecule has 0 amide bonds. The second-order valence-corrected chi connectivity index (χ2v) is 7.31. The molecule has 2 aliphatic rings. The molecule has 2 saturated heterocycles. The maximum Gasteiger partial charge on any atom is 0.217 e. The van der Waals surface area contributed by atoms with Crippen molar-refractivity contribution < 1.29 is 14.2 Å². The van der Waals surface area contributed by atoms with Crippen molar-refractivity contribution >= 4 is 11.5 Å². The molecule has 0 saturated carbocycles. The predicted molar refractivity (Wildman–Crippen MR) is 115 cm³/mol. The minimum absolute atomic E-state index is 0.525. The van der Waals surface area contributed by atoms with Crippen LogP contribution in [0.3, 0.4) is 0 Å². The molecular weight excluding hydrogens is 382 g/mol. The SMILES string of the molecule is c1ccc(CN=Nc2cc(N3CCOCC3)cc(OCCN3CCOCC3)n2)cc1. The van der Waals surface area contributed by atoms with Crippen LogP contribution in [0.25, 0.3) is 0 Å². The van der Waals surface area contributed by atoms with Crippen LogP contribution in [0, 0.1) is 0 Å². The van der Waals surface area contributed by atoms with Crippen molar-refractivity contribution in [2.45, 2.75) is 6.54 Å². The number of pyridine rings is 1. The van der Waals surface area contributed by atoms with Gasteiger partial charge in [-0.2, -0.15) is 10.1 Å². The molecule has 2 fully saturated rings. The summed E-state index contributed by atoms with van der Waals surface area (Å²) in [6.07, 6.45) is 0. The third-order valence-electron chi connectivity index (χ3n) is 5.18. The normalized spacial score (nSPS) is 18.1. The van der Waals surface area contributed by atoms with E-state index in [0.717, 1.165) is 70.4 Å². The van der Waals surface area contributed by atoms with Crippen molar-refractivity contribution in [2.75, 3.05) is 70.7 Å². The van der Waals surface area contributed by atoms with E-state index < -0.39 is 0 Å². The summed E-state index contributed by atoms with van der Waals surface area (Å²) in [5.74, 6) is 1.15. The van der Waals surface area contributed by atoms with E-state index in [1.807, 2.05) is 42.5 Å². The van der Waals surface area contributed by atoms with E-state index in [1.165, 1.54) is 0 Å². The van der Waals surface area contributed by atoms with Crippen molar-refractivity contribution in [3.8, 4) is 5.88 Å². The fraction of sp³-hybridized carbons (Fsp3) is 0.500. The van der Waals surface area contributed by atoms with Gasteiger partial charge in [-0.05, 0) is 5.56 Å². The van der Waals surface area contributed by atoms with Crippen LogP contribution in [0.1, 0.15) is 5.56 Å². The number of anilines is 1. The molecule has 0 spiro atoms. The second kappa shape index (κ2) is 11.0. The zero-order valence-electron chi connectivity index (χ0n) is 17.3. The van der Waals surface area contributed by atoms with Crippen LogP contribution in [0.5, 0.6) is 5.88 Å². The summed E-state index contributed by atoms with van der Waals surface area (Å²) in [6, 6.07) is 14.0. The molecular formula is C22H29N5O3.